The van der Waals surface area contributed by atoms with Crippen LogP contribution in [0.1, 0.15) is 5.56 Å². The van der Waals surface area contributed by atoms with Gasteiger partial charge in [-0.05, 0) is 29.8 Å². The topological polar surface area (TPSA) is 44.4 Å². The predicted octanol–water partition coefficient (Wildman–Crippen LogP) is 6.20. The average Bonchev–Trinajstić information content (AvgIpc) is 3.30. The van der Waals surface area contributed by atoms with Crippen LogP contribution in [0.15, 0.2) is 78.9 Å². The molecule has 174 valence electrons. The molecule has 0 saturated heterocycles. The minimum atomic E-state index is 0.603. The van der Waals surface area contributed by atoms with Crippen LogP contribution in [0.2, 0.25) is 0 Å². The van der Waals surface area contributed by atoms with E-state index in [1.54, 1.807) is 7.11 Å². The van der Waals surface area contributed by atoms with Crippen molar-refractivity contribution in [2.45, 2.75) is 0 Å². The highest BCUT2D eigenvalue weighted by molar-refractivity contribution is 5.82. The number of rotatable bonds is 8. The second-order valence-electron chi connectivity index (χ2n) is 8.67. The number of benzene rings is 3. The Morgan fingerprint density at radius 3 is 1.79 bits per heavy atom. The zero-order chi connectivity index (χ0) is 24.1. The van der Waals surface area contributed by atoms with Gasteiger partial charge in [0.1, 0.15) is 5.82 Å². The molecule has 1 aromatic heterocycles. The van der Waals surface area contributed by atoms with Crippen molar-refractivity contribution in [1.82, 2.24) is 9.97 Å². The number of ether oxygens (including phenoxy) is 1. The Kier molecular flexibility index (Phi) is 7.14. The van der Waals surface area contributed by atoms with Gasteiger partial charge in [-0.25, -0.2) is 4.98 Å². The summed E-state index contributed by atoms with van der Waals surface area (Å²) >= 11 is 0. The molecule has 0 radical (unpaired) electrons. The summed E-state index contributed by atoms with van der Waals surface area (Å²) < 4.78 is 5.09. The van der Waals surface area contributed by atoms with Gasteiger partial charge >= 0.3 is 0 Å². The molecular weight excluding hydrogens is 420 g/mol. The van der Waals surface area contributed by atoms with E-state index in [0.29, 0.717) is 6.61 Å². The van der Waals surface area contributed by atoms with Crippen LogP contribution in [0.3, 0.4) is 0 Å². The summed E-state index contributed by atoms with van der Waals surface area (Å²) in [4.78, 5) is 12.8. The molecule has 0 fully saturated rings. The van der Waals surface area contributed by atoms with Gasteiger partial charge in [0.2, 0.25) is 0 Å². The molecule has 0 amide bonds. The zero-order valence-electron chi connectivity index (χ0n) is 20.5. The Morgan fingerprint density at radius 1 is 0.735 bits per heavy atom. The molecule has 34 heavy (non-hydrogen) atoms. The van der Waals surface area contributed by atoms with Gasteiger partial charge in [-0.2, -0.15) is 0 Å². The molecule has 0 bridgehead atoms. The van der Waals surface area contributed by atoms with E-state index in [0.717, 1.165) is 50.8 Å². The predicted molar refractivity (Wildman–Crippen MR) is 144 cm³/mol. The van der Waals surface area contributed by atoms with E-state index >= 15 is 0 Å². The number of methoxy groups -OCH3 is 1. The van der Waals surface area contributed by atoms with Gasteiger partial charge in [-0.1, -0.05) is 60.7 Å². The first-order valence-corrected chi connectivity index (χ1v) is 11.4. The van der Waals surface area contributed by atoms with Crippen LogP contribution < -0.4 is 9.80 Å². The number of imidazole rings is 1. The number of nitrogens with zero attached hydrogens (tertiary/aromatic N) is 3. The van der Waals surface area contributed by atoms with Crippen molar-refractivity contribution < 1.29 is 4.74 Å². The Balaban J connectivity index is 1.75. The minimum Gasteiger partial charge on any atom is -0.381 e. The van der Waals surface area contributed by atoms with Crippen LogP contribution in [-0.2, 0) is 4.74 Å². The molecule has 0 atom stereocenters. The van der Waals surface area contributed by atoms with E-state index in [1.807, 2.05) is 20.2 Å². The molecule has 0 unspecified atom stereocenters. The van der Waals surface area contributed by atoms with Crippen molar-refractivity contribution in [3.63, 3.8) is 0 Å². The Bertz CT molecular complexity index is 1170. The fourth-order valence-corrected chi connectivity index (χ4v) is 3.80. The van der Waals surface area contributed by atoms with Crippen molar-refractivity contribution >= 4 is 17.5 Å². The Morgan fingerprint density at radius 2 is 1.26 bits per heavy atom. The third-order valence-electron chi connectivity index (χ3n) is 5.79. The second kappa shape index (κ2) is 10.4. The molecule has 5 heteroatoms. The normalized spacial score (nSPS) is 11.2. The Labute approximate surface area is 202 Å². The first-order chi connectivity index (χ1) is 16.5. The van der Waals surface area contributed by atoms with Crippen molar-refractivity contribution in [3.8, 4) is 33.9 Å². The van der Waals surface area contributed by atoms with Gasteiger partial charge in [-0.3, -0.25) is 0 Å². The summed E-state index contributed by atoms with van der Waals surface area (Å²) in [6.07, 6.45) is 4.07. The highest BCUT2D eigenvalue weighted by Gasteiger charge is 2.16. The highest BCUT2D eigenvalue weighted by Crippen LogP contribution is 2.34. The number of nitrogens with one attached hydrogen (secondary N) is 1. The standard InChI is InChI=1S/C29H32N4O/c1-32(2)25-16-12-22(13-17-25)27-28(23-14-18-26(19-15-23)33(3)4)31-29(30-27)24-10-8-21(9-11-24)7-6-20-34-5/h6-19H,20H2,1-5H3,(H,30,31). The van der Waals surface area contributed by atoms with Gasteiger partial charge in [0.15, 0.2) is 0 Å². The summed E-state index contributed by atoms with van der Waals surface area (Å²) in [5, 5.41) is 0. The molecule has 3 aromatic carbocycles. The zero-order valence-corrected chi connectivity index (χ0v) is 20.5. The van der Waals surface area contributed by atoms with Gasteiger partial charge in [0, 0.05) is 63.4 Å². The van der Waals surface area contributed by atoms with Crippen molar-refractivity contribution in [1.29, 1.82) is 0 Å². The molecular formula is C29H32N4O. The van der Waals surface area contributed by atoms with Crippen LogP contribution in [0.4, 0.5) is 11.4 Å². The minimum absolute atomic E-state index is 0.603. The molecule has 0 saturated carbocycles. The lowest BCUT2D eigenvalue weighted by Gasteiger charge is -2.13. The third-order valence-corrected chi connectivity index (χ3v) is 5.79. The fraction of sp³-hybridized carbons (Fsp3) is 0.207. The number of anilines is 2. The van der Waals surface area contributed by atoms with E-state index in [4.69, 9.17) is 9.72 Å². The van der Waals surface area contributed by atoms with Crippen molar-refractivity contribution in [2.24, 2.45) is 0 Å². The SMILES string of the molecule is COCC=Cc1ccc(-c2nc(-c3ccc(N(C)C)cc3)c(-c3ccc(N(C)C)cc3)[nH]2)cc1. The molecule has 0 spiro atoms. The number of hydrogen-bond donors (Lipinski definition) is 1. The summed E-state index contributed by atoms with van der Waals surface area (Å²) in [7, 11) is 9.90. The lowest BCUT2D eigenvalue weighted by molar-refractivity contribution is 0.234. The molecule has 4 aromatic rings. The lowest BCUT2D eigenvalue weighted by atomic mass is 10.0. The summed E-state index contributed by atoms with van der Waals surface area (Å²) in [6, 6.07) is 25.5. The van der Waals surface area contributed by atoms with Crippen LogP contribution in [0, 0.1) is 0 Å². The maximum atomic E-state index is 5.09. The molecule has 1 heterocycles. The second-order valence-corrected chi connectivity index (χ2v) is 8.67. The maximum absolute atomic E-state index is 5.09. The molecule has 0 aliphatic carbocycles. The smallest absolute Gasteiger partial charge is 0.138 e. The van der Waals surface area contributed by atoms with E-state index in [1.165, 1.54) is 0 Å². The van der Waals surface area contributed by atoms with Crippen LogP contribution in [-0.4, -0.2) is 51.9 Å². The molecule has 0 aliphatic heterocycles. The fourth-order valence-electron chi connectivity index (χ4n) is 3.80. The summed E-state index contributed by atoms with van der Waals surface area (Å²) in [6.45, 7) is 0.603. The summed E-state index contributed by atoms with van der Waals surface area (Å²) in [5.41, 5.74) is 8.65. The van der Waals surface area contributed by atoms with Gasteiger partial charge < -0.3 is 19.5 Å². The van der Waals surface area contributed by atoms with Gasteiger partial charge in [0.05, 0.1) is 18.0 Å². The third kappa shape index (κ3) is 5.21. The quantitative estimate of drug-likeness (QED) is 0.346. The summed E-state index contributed by atoms with van der Waals surface area (Å²) in [5.74, 6) is 0.853. The monoisotopic (exact) mass is 452 g/mol. The first-order valence-electron chi connectivity index (χ1n) is 11.4. The largest absolute Gasteiger partial charge is 0.381 e. The number of H-pyrrole nitrogens is 1. The van der Waals surface area contributed by atoms with Crippen molar-refractivity contribution in [3.05, 3.63) is 84.4 Å². The van der Waals surface area contributed by atoms with Crippen LogP contribution >= 0.6 is 0 Å². The van der Waals surface area contributed by atoms with E-state index in [9.17, 15) is 0 Å². The first kappa shape index (κ1) is 23.3. The van der Waals surface area contributed by atoms with E-state index in [2.05, 4.69) is 108 Å². The molecule has 1 N–H and O–H groups in total. The number of aromatic amines is 1. The molecule has 5 nitrogen and oxygen atoms in total. The van der Waals surface area contributed by atoms with Crippen LogP contribution in [0.5, 0.6) is 0 Å². The average molecular weight is 453 g/mol. The highest BCUT2D eigenvalue weighted by atomic mass is 16.5. The van der Waals surface area contributed by atoms with Gasteiger partial charge in [-0.15, -0.1) is 0 Å². The van der Waals surface area contributed by atoms with E-state index in [-0.39, 0.29) is 0 Å². The number of aromatic nitrogens is 2. The molecule has 4 rings (SSSR count). The van der Waals surface area contributed by atoms with Crippen LogP contribution in [0.25, 0.3) is 40.0 Å². The van der Waals surface area contributed by atoms with E-state index < -0.39 is 0 Å². The van der Waals surface area contributed by atoms with Gasteiger partial charge in [0.25, 0.3) is 0 Å². The Hall–Kier alpha value is -3.83. The van der Waals surface area contributed by atoms with Crippen molar-refractivity contribution in [2.75, 3.05) is 51.7 Å². The lowest BCUT2D eigenvalue weighted by Crippen LogP contribution is -2.08. The number of hydrogen-bond acceptors (Lipinski definition) is 4. The molecule has 0 aliphatic rings. The maximum Gasteiger partial charge on any atom is 0.138 e.